The zero-order valence-electron chi connectivity index (χ0n) is 14.8. The average Bonchev–Trinajstić information content (AvgIpc) is 3.30. The maximum atomic E-state index is 12.9. The number of nitrogens with one attached hydrogen (secondary N) is 1. The Balaban J connectivity index is 1.55. The number of ketones is 1. The lowest BCUT2D eigenvalue weighted by molar-refractivity contribution is -0.133. The zero-order valence-corrected chi connectivity index (χ0v) is 14.8. The van der Waals surface area contributed by atoms with Crippen LogP contribution in [-0.4, -0.2) is 44.2 Å². The van der Waals surface area contributed by atoms with Crippen LogP contribution in [0.5, 0.6) is 0 Å². The predicted octanol–water partition coefficient (Wildman–Crippen LogP) is 2.97. The summed E-state index contributed by atoms with van der Waals surface area (Å²) in [6.45, 7) is 3.27. The number of amides is 1. The summed E-state index contributed by atoms with van der Waals surface area (Å²) in [7, 11) is 0. The number of carbonyl (C=O) groups excluding carboxylic acids is 2. The molecule has 0 spiro atoms. The smallest absolute Gasteiger partial charge is 0.242 e. The Hall–Kier alpha value is -2.89. The number of para-hydroxylation sites is 1. The number of nitrogens with zero attached hydrogens (tertiary/aromatic N) is 3. The molecular weight excluding hydrogens is 328 g/mol. The molecule has 1 saturated heterocycles. The van der Waals surface area contributed by atoms with Gasteiger partial charge in [-0.1, -0.05) is 18.2 Å². The first kappa shape index (κ1) is 16.6. The summed E-state index contributed by atoms with van der Waals surface area (Å²) in [4.78, 5) is 34.2. The number of fused-ring (bicyclic) bond motifs is 1. The summed E-state index contributed by atoms with van der Waals surface area (Å²) in [6, 6.07) is 7.73. The van der Waals surface area contributed by atoms with Crippen molar-refractivity contribution in [1.29, 1.82) is 0 Å². The number of hydrogen-bond acceptors (Lipinski definition) is 3. The molecule has 3 heterocycles. The molecule has 6 heteroatoms. The van der Waals surface area contributed by atoms with Crippen LogP contribution >= 0.6 is 0 Å². The van der Waals surface area contributed by atoms with Crippen molar-refractivity contribution in [2.24, 2.45) is 0 Å². The van der Waals surface area contributed by atoms with Gasteiger partial charge in [0.2, 0.25) is 5.91 Å². The number of piperidine rings is 1. The number of hydrogen-bond donors (Lipinski definition) is 1. The molecule has 1 aromatic carbocycles. The van der Waals surface area contributed by atoms with E-state index in [4.69, 9.17) is 0 Å². The minimum absolute atomic E-state index is 0.0169. The Labute approximate surface area is 151 Å². The van der Waals surface area contributed by atoms with E-state index in [2.05, 4.69) is 9.97 Å². The average molecular weight is 350 g/mol. The highest BCUT2D eigenvalue weighted by Gasteiger charge is 2.26. The third-order valence-corrected chi connectivity index (χ3v) is 5.15. The third-order valence-electron chi connectivity index (χ3n) is 5.15. The molecule has 2 aromatic heterocycles. The molecule has 0 saturated carbocycles. The second kappa shape index (κ2) is 6.78. The fraction of sp³-hybridized carbons (Fsp3) is 0.350. The highest BCUT2D eigenvalue weighted by molar-refractivity contribution is 6.07. The van der Waals surface area contributed by atoms with Gasteiger partial charge in [0.1, 0.15) is 12.4 Å². The third kappa shape index (κ3) is 3.03. The molecule has 1 unspecified atom stereocenters. The van der Waals surface area contributed by atoms with Gasteiger partial charge in [0.25, 0.3) is 0 Å². The lowest BCUT2D eigenvalue weighted by Gasteiger charge is -2.32. The lowest BCUT2D eigenvalue weighted by Crippen LogP contribution is -2.41. The normalized spacial score (nSPS) is 17.6. The number of aromatic amines is 1. The molecule has 1 aliphatic rings. The van der Waals surface area contributed by atoms with Gasteiger partial charge >= 0.3 is 0 Å². The van der Waals surface area contributed by atoms with Crippen molar-refractivity contribution in [2.45, 2.75) is 32.2 Å². The summed E-state index contributed by atoms with van der Waals surface area (Å²) in [5.74, 6) is 1.31. The molecule has 1 fully saturated rings. The second-order valence-corrected chi connectivity index (χ2v) is 6.90. The quantitative estimate of drug-likeness (QED) is 0.735. The maximum absolute atomic E-state index is 12.9. The molecular formula is C20H22N4O2. The largest absolute Gasteiger partial charge is 0.348 e. The Kier molecular flexibility index (Phi) is 4.32. The van der Waals surface area contributed by atoms with Crippen LogP contribution in [0.3, 0.4) is 0 Å². The molecule has 6 nitrogen and oxygen atoms in total. The van der Waals surface area contributed by atoms with E-state index >= 15 is 0 Å². The number of rotatable bonds is 4. The summed E-state index contributed by atoms with van der Waals surface area (Å²) < 4.78 is 1.89. The van der Waals surface area contributed by atoms with E-state index < -0.39 is 0 Å². The number of H-pyrrole nitrogens is 1. The molecule has 26 heavy (non-hydrogen) atoms. The molecule has 1 atom stereocenters. The van der Waals surface area contributed by atoms with Gasteiger partial charge in [0.05, 0.1) is 0 Å². The number of benzene rings is 1. The first-order valence-electron chi connectivity index (χ1n) is 8.99. The highest BCUT2D eigenvalue weighted by atomic mass is 16.2. The van der Waals surface area contributed by atoms with Crippen molar-refractivity contribution in [3.8, 4) is 0 Å². The first-order valence-corrected chi connectivity index (χ1v) is 8.99. The van der Waals surface area contributed by atoms with Gasteiger partial charge in [-0.25, -0.2) is 4.98 Å². The minimum Gasteiger partial charge on any atom is -0.348 e. The summed E-state index contributed by atoms with van der Waals surface area (Å²) >= 11 is 0. The van der Waals surface area contributed by atoms with E-state index in [1.54, 1.807) is 19.3 Å². The zero-order chi connectivity index (χ0) is 18.1. The monoisotopic (exact) mass is 350 g/mol. The maximum Gasteiger partial charge on any atom is 0.242 e. The number of likely N-dealkylation sites (tertiary alicyclic amines) is 1. The molecule has 1 N–H and O–H groups in total. The SMILES string of the molecule is CC(=O)c1cn(CC(=O)N2CCCC(c3ncc[nH]3)C2)c2ccccc12. The Bertz CT molecular complexity index is 942. The van der Waals surface area contributed by atoms with Crippen LogP contribution < -0.4 is 0 Å². The second-order valence-electron chi connectivity index (χ2n) is 6.90. The van der Waals surface area contributed by atoms with Gasteiger partial charge in [-0.2, -0.15) is 0 Å². The first-order chi connectivity index (χ1) is 12.6. The predicted molar refractivity (Wildman–Crippen MR) is 99.1 cm³/mol. The minimum atomic E-state index is 0.0169. The van der Waals surface area contributed by atoms with Crippen LogP contribution in [0.4, 0.5) is 0 Å². The van der Waals surface area contributed by atoms with E-state index in [1.807, 2.05) is 39.9 Å². The van der Waals surface area contributed by atoms with E-state index in [1.165, 1.54) is 0 Å². The molecule has 134 valence electrons. The molecule has 0 aliphatic carbocycles. The number of Topliss-reactive ketones (excluding diaryl/α,β-unsaturated/α-hetero) is 1. The van der Waals surface area contributed by atoms with Crippen LogP contribution in [-0.2, 0) is 11.3 Å². The van der Waals surface area contributed by atoms with E-state index in [0.29, 0.717) is 12.1 Å². The van der Waals surface area contributed by atoms with Crippen molar-refractivity contribution >= 4 is 22.6 Å². The fourth-order valence-electron chi connectivity index (χ4n) is 3.83. The number of carbonyl (C=O) groups is 2. The van der Waals surface area contributed by atoms with Crippen LogP contribution in [0.25, 0.3) is 10.9 Å². The molecule has 0 bridgehead atoms. The molecule has 1 amide bonds. The topological polar surface area (TPSA) is 71.0 Å². The Morgan fingerprint density at radius 3 is 2.92 bits per heavy atom. The van der Waals surface area contributed by atoms with Crippen molar-refractivity contribution in [3.63, 3.8) is 0 Å². The van der Waals surface area contributed by atoms with Gasteiger partial charge in [0, 0.05) is 54.1 Å². The lowest BCUT2D eigenvalue weighted by atomic mass is 9.97. The number of imidazole rings is 1. The highest BCUT2D eigenvalue weighted by Crippen LogP contribution is 2.26. The van der Waals surface area contributed by atoms with Gasteiger partial charge in [-0.3, -0.25) is 9.59 Å². The van der Waals surface area contributed by atoms with Gasteiger partial charge in [-0.05, 0) is 25.8 Å². The van der Waals surface area contributed by atoms with Crippen molar-refractivity contribution in [3.05, 3.63) is 54.2 Å². The van der Waals surface area contributed by atoms with Crippen LogP contribution in [0.2, 0.25) is 0 Å². The van der Waals surface area contributed by atoms with Crippen molar-refractivity contribution in [1.82, 2.24) is 19.4 Å². The summed E-state index contributed by atoms with van der Waals surface area (Å²) in [5.41, 5.74) is 1.59. The Morgan fingerprint density at radius 1 is 1.31 bits per heavy atom. The van der Waals surface area contributed by atoms with Crippen LogP contribution in [0.1, 0.15) is 41.9 Å². The summed E-state index contributed by atoms with van der Waals surface area (Å²) in [5, 5.41) is 0.903. The fourth-order valence-corrected chi connectivity index (χ4v) is 3.83. The molecule has 0 radical (unpaired) electrons. The summed E-state index contributed by atoms with van der Waals surface area (Å²) in [6.07, 6.45) is 7.40. The molecule has 1 aliphatic heterocycles. The van der Waals surface area contributed by atoms with Gasteiger partial charge in [0.15, 0.2) is 5.78 Å². The van der Waals surface area contributed by atoms with E-state index in [0.717, 1.165) is 36.1 Å². The number of aromatic nitrogens is 3. The molecule has 4 rings (SSSR count). The van der Waals surface area contributed by atoms with E-state index in [-0.39, 0.29) is 24.2 Å². The Morgan fingerprint density at radius 2 is 2.15 bits per heavy atom. The van der Waals surface area contributed by atoms with E-state index in [9.17, 15) is 9.59 Å². The van der Waals surface area contributed by atoms with Gasteiger partial charge in [-0.15, -0.1) is 0 Å². The van der Waals surface area contributed by atoms with Crippen LogP contribution in [0, 0.1) is 0 Å². The van der Waals surface area contributed by atoms with Crippen molar-refractivity contribution < 1.29 is 9.59 Å². The standard InChI is InChI=1S/C20H22N4O2/c1-14(25)17-12-24(18-7-3-2-6-16(17)18)13-19(26)23-10-4-5-15(11-23)20-21-8-9-22-20/h2-3,6-9,12,15H,4-5,10-11,13H2,1H3,(H,21,22). The van der Waals surface area contributed by atoms with Gasteiger partial charge < -0.3 is 14.5 Å². The van der Waals surface area contributed by atoms with Crippen LogP contribution in [0.15, 0.2) is 42.9 Å². The van der Waals surface area contributed by atoms with Crippen molar-refractivity contribution in [2.75, 3.05) is 13.1 Å². The molecule has 3 aromatic rings.